The normalized spacial score (nSPS) is 10.5. The molecule has 0 aliphatic carbocycles. The van der Waals surface area contributed by atoms with Gasteiger partial charge in [0.15, 0.2) is 0 Å². The van der Waals surface area contributed by atoms with E-state index in [9.17, 15) is 0 Å². The van der Waals surface area contributed by atoms with Gasteiger partial charge in [0.2, 0.25) is 0 Å². The molecule has 0 bridgehead atoms. The Labute approximate surface area is 117 Å². The molecule has 0 radical (unpaired) electrons. The van der Waals surface area contributed by atoms with Crippen molar-refractivity contribution in [1.29, 1.82) is 0 Å². The molecule has 1 N–H and O–H groups in total. The second-order valence-corrected chi connectivity index (χ2v) is 4.70. The molecule has 2 nitrogen and oxygen atoms in total. The van der Waals surface area contributed by atoms with E-state index in [4.69, 9.17) is 16.6 Å². The minimum Gasteiger partial charge on any atom is -0.467 e. The van der Waals surface area contributed by atoms with E-state index in [2.05, 4.69) is 23.5 Å². The molecule has 19 heavy (non-hydrogen) atoms. The van der Waals surface area contributed by atoms with Crippen molar-refractivity contribution < 1.29 is 4.42 Å². The van der Waals surface area contributed by atoms with Crippen LogP contribution >= 0.6 is 12.2 Å². The molecular formula is C16H13NOS. The number of furan rings is 1. The first kappa shape index (κ1) is 11.9. The van der Waals surface area contributed by atoms with Crippen molar-refractivity contribution in [3.63, 3.8) is 0 Å². The van der Waals surface area contributed by atoms with Crippen molar-refractivity contribution in [3.8, 4) is 0 Å². The monoisotopic (exact) mass is 267 g/mol. The van der Waals surface area contributed by atoms with Gasteiger partial charge in [-0.25, -0.2) is 0 Å². The highest BCUT2D eigenvalue weighted by molar-refractivity contribution is 7.80. The highest BCUT2D eigenvalue weighted by Crippen LogP contribution is 2.18. The molecule has 0 amide bonds. The van der Waals surface area contributed by atoms with Gasteiger partial charge in [-0.3, -0.25) is 0 Å². The van der Waals surface area contributed by atoms with E-state index in [0.717, 1.165) is 16.3 Å². The first-order chi connectivity index (χ1) is 9.34. The maximum atomic E-state index is 5.47. The lowest BCUT2D eigenvalue weighted by Crippen LogP contribution is -2.21. The predicted octanol–water partition coefficient (Wildman–Crippen LogP) is 3.90. The van der Waals surface area contributed by atoms with Crippen LogP contribution in [0.1, 0.15) is 11.3 Å². The van der Waals surface area contributed by atoms with Crippen LogP contribution in [0.3, 0.4) is 0 Å². The summed E-state index contributed by atoms with van der Waals surface area (Å²) < 4.78 is 5.29. The maximum absolute atomic E-state index is 5.47. The molecule has 0 aliphatic heterocycles. The molecule has 1 heterocycles. The van der Waals surface area contributed by atoms with Crippen molar-refractivity contribution in [2.24, 2.45) is 0 Å². The quantitative estimate of drug-likeness (QED) is 0.729. The fraction of sp³-hybridized carbons (Fsp3) is 0.0625. The van der Waals surface area contributed by atoms with Crippen LogP contribution < -0.4 is 5.32 Å². The van der Waals surface area contributed by atoms with E-state index in [-0.39, 0.29) is 0 Å². The Kier molecular flexibility index (Phi) is 3.29. The van der Waals surface area contributed by atoms with E-state index in [0.29, 0.717) is 6.54 Å². The lowest BCUT2D eigenvalue weighted by molar-refractivity contribution is 0.504. The smallest absolute Gasteiger partial charge is 0.122 e. The largest absolute Gasteiger partial charge is 0.467 e. The zero-order chi connectivity index (χ0) is 13.1. The zero-order valence-electron chi connectivity index (χ0n) is 10.3. The number of benzene rings is 2. The van der Waals surface area contributed by atoms with Gasteiger partial charge in [0.25, 0.3) is 0 Å². The summed E-state index contributed by atoms with van der Waals surface area (Å²) in [6.45, 7) is 0.606. The summed E-state index contributed by atoms with van der Waals surface area (Å²) in [5, 5.41) is 5.60. The summed E-state index contributed by atoms with van der Waals surface area (Å²) in [5.74, 6) is 0.877. The highest BCUT2D eigenvalue weighted by atomic mass is 32.1. The summed E-state index contributed by atoms with van der Waals surface area (Å²) in [4.78, 5) is 0.744. The number of thiocarbonyl (C=S) groups is 1. The molecule has 94 valence electrons. The Morgan fingerprint density at radius 3 is 2.68 bits per heavy atom. The summed E-state index contributed by atoms with van der Waals surface area (Å²) in [6, 6.07) is 18.2. The van der Waals surface area contributed by atoms with Gasteiger partial charge in [-0.1, -0.05) is 54.7 Å². The van der Waals surface area contributed by atoms with E-state index < -0.39 is 0 Å². The molecule has 0 saturated heterocycles. The third-order valence-corrected chi connectivity index (χ3v) is 3.40. The number of hydrogen-bond donors (Lipinski definition) is 1. The fourth-order valence-corrected chi connectivity index (χ4v) is 2.35. The van der Waals surface area contributed by atoms with Crippen LogP contribution in [-0.4, -0.2) is 4.99 Å². The Hall–Kier alpha value is -2.13. The molecule has 3 aromatic rings. The number of hydrogen-bond acceptors (Lipinski definition) is 2. The van der Waals surface area contributed by atoms with Gasteiger partial charge in [-0.05, 0) is 22.9 Å². The van der Waals surface area contributed by atoms with Gasteiger partial charge in [0, 0.05) is 5.56 Å². The average Bonchev–Trinajstić information content (AvgIpc) is 2.97. The van der Waals surface area contributed by atoms with Crippen LogP contribution in [-0.2, 0) is 6.54 Å². The van der Waals surface area contributed by atoms with Crippen molar-refractivity contribution in [1.82, 2.24) is 5.32 Å². The molecular weight excluding hydrogens is 254 g/mol. The van der Waals surface area contributed by atoms with Gasteiger partial charge in [-0.15, -0.1) is 0 Å². The molecule has 2 aromatic carbocycles. The van der Waals surface area contributed by atoms with Crippen LogP contribution in [0, 0.1) is 0 Å². The summed E-state index contributed by atoms with van der Waals surface area (Å²) in [6.07, 6.45) is 1.66. The van der Waals surface area contributed by atoms with E-state index in [1.165, 1.54) is 10.8 Å². The number of nitrogens with one attached hydrogen (secondary N) is 1. The SMILES string of the molecule is S=C(NCc1ccco1)c1cccc2ccccc12. The Morgan fingerprint density at radius 1 is 1.00 bits per heavy atom. The van der Waals surface area contributed by atoms with Crippen molar-refractivity contribution in [2.45, 2.75) is 6.54 Å². The van der Waals surface area contributed by atoms with Gasteiger partial charge < -0.3 is 9.73 Å². The van der Waals surface area contributed by atoms with Crippen LogP contribution in [0.25, 0.3) is 10.8 Å². The van der Waals surface area contributed by atoms with Crippen molar-refractivity contribution >= 4 is 28.0 Å². The molecule has 0 fully saturated rings. The van der Waals surface area contributed by atoms with Gasteiger partial charge in [-0.2, -0.15) is 0 Å². The highest BCUT2D eigenvalue weighted by Gasteiger charge is 2.06. The molecule has 3 rings (SSSR count). The average molecular weight is 267 g/mol. The summed E-state index contributed by atoms with van der Waals surface area (Å²) >= 11 is 5.47. The van der Waals surface area contributed by atoms with Crippen LogP contribution in [0.15, 0.2) is 65.3 Å². The third kappa shape index (κ3) is 2.51. The van der Waals surface area contributed by atoms with Crippen LogP contribution in [0.2, 0.25) is 0 Å². The molecule has 0 unspecified atom stereocenters. The number of fused-ring (bicyclic) bond motifs is 1. The van der Waals surface area contributed by atoms with E-state index in [1.54, 1.807) is 6.26 Å². The number of rotatable bonds is 3. The topological polar surface area (TPSA) is 25.2 Å². The van der Waals surface area contributed by atoms with Crippen LogP contribution in [0.5, 0.6) is 0 Å². The Balaban J connectivity index is 1.85. The van der Waals surface area contributed by atoms with E-state index >= 15 is 0 Å². The maximum Gasteiger partial charge on any atom is 0.122 e. The molecule has 0 saturated carbocycles. The van der Waals surface area contributed by atoms with Crippen LogP contribution in [0.4, 0.5) is 0 Å². The fourth-order valence-electron chi connectivity index (χ4n) is 2.10. The van der Waals surface area contributed by atoms with Gasteiger partial charge in [0.1, 0.15) is 10.7 Å². The molecule has 0 spiro atoms. The molecule has 0 aliphatic rings. The molecule has 3 heteroatoms. The second kappa shape index (κ2) is 5.24. The summed E-state index contributed by atoms with van der Waals surface area (Å²) in [7, 11) is 0. The lowest BCUT2D eigenvalue weighted by Gasteiger charge is -2.09. The first-order valence-electron chi connectivity index (χ1n) is 6.13. The van der Waals surface area contributed by atoms with Gasteiger partial charge in [0.05, 0.1) is 12.8 Å². The first-order valence-corrected chi connectivity index (χ1v) is 6.54. The van der Waals surface area contributed by atoms with Gasteiger partial charge >= 0.3 is 0 Å². The van der Waals surface area contributed by atoms with Crippen molar-refractivity contribution in [2.75, 3.05) is 0 Å². The predicted molar refractivity (Wildman–Crippen MR) is 81.2 cm³/mol. The minimum absolute atomic E-state index is 0.606. The molecule has 0 atom stereocenters. The minimum atomic E-state index is 0.606. The Morgan fingerprint density at radius 2 is 1.84 bits per heavy atom. The zero-order valence-corrected chi connectivity index (χ0v) is 11.1. The second-order valence-electron chi connectivity index (χ2n) is 4.29. The molecule has 1 aromatic heterocycles. The Bertz CT molecular complexity index is 698. The van der Waals surface area contributed by atoms with Crippen molar-refractivity contribution in [3.05, 3.63) is 72.2 Å². The standard InChI is InChI=1S/C16H13NOS/c19-16(17-11-13-7-4-10-18-13)15-9-3-6-12-5-1-2-8-14(12)15/h1-10H,11H2,(H,17,19). The van der Waals surface area contributed by atoms with E-state index in [1.807, 2.05) is 36.4 Å². The lowest BCUT2D eigenvalue weighted by atomic mass is 10.0. The third-order valence-electron chi connectivity index (χ3n) is 3.04. The summed E-state index contributed by atoms with van der Waals surface area (Å²) in [5.41, 5.74) is 1.06.